The van der Waals surface area contributed by atoms with Crippen molar-refractivity contribution in [3.8, 4) is 22.6 Å². The summed E-state index contributed by atoms with van der Waals surface area (Å²) in [5.41, 5.74) is 2.11. The number of benzene rings is 2. The lowest BCUT2D eigenvalue weighted by atomic mass is 9.92. The Kier molecular flexibility index (Phi) is 4.21. The molecule has 0 amide bonds. The summed E-state index contributed by atoms with van der Waals surface area (Å²) in [6.07, 6.45) is -0.817. The Hall–Kier alpha value is -2.53. The van der Waals surface area contributed by atoms with E-state index in [1.807, 2.05) is 43.3 Å². The highest BCUT2D eigenvalue weighted by molar-refractivity contribution is 5.87. The van der Waals surface area contributed by atoms with Crippen molar-refractivity contribution in [2.45, 2.75) is 6.10 Å². The molecule has 1 N–H and O–H groups in total. The summed E-state index contributed by atoms with van der Waals surface area (Å²) in [6.45, 7) is 0.957. The first-order chi connectivity index (χ1) is 11.1. The summed E-state index contributed by atoms with van der Waals surface area (Å²) in [5, 5.41) is 10.1. The number of hydrogen-bond acceptors (Lipinski definition) is 5. The van der Waals surface area contributed by atoms with Crippen LogP contribution < -0.4 is 4.74 Å². The van der Waals surface area contributed by atoms with Crippen LogP contribution >= 0.6 is 0 Å². The Morgan fingerprint density at radius 2 is 2.00 bits per heavy atom. The van der Waals surface area contributed by atoms with Gasteiger partial charge in [0.05, 0.1) is 5.56 Å². The van der Waals surface area contributed by atoms with Crippen LogP contribution in [-0.4, -0.2) is 43.2 Å². The number of phenols is 1. The molecule has 0 aromatic heterocycles. The molecule has 1 atom stereocenters. The van der Waals surface area contributed by atoms with Crippen LogP contribution in [-0.2, 0) is 9.53 Å². The Balaban J connectivity index is 1.91. The molecule has 3 rings (SSSR count). The van der Waals surface area contributed by atoms with Gasteiger partial charge < -0.3 is 19.5 Å². The average Bonchev–Trinajstić information content (AvgIpc) is 2.53. The van der Waals surface area contributed by atoms with Gasteiger partial charge in [-0.1, -0.05) is 30.3 Å². The molecule has 1 unspecified atom stereocenters. The van der Waals surface area contributed by atoms with E-state index in [1.54, 1.807) is 18.2 Å². The normalized spacial score (nSPS) is 15.5. The zero-order valence-corrected chi connectivity index (χ0v) is 13.2. The molecule has 120 valence electrons. The number of hydrogen-bond donors (Lipinski definition) is 1. The highest BCUT2D eigenvalue weighted by Crippen LogP contribution is 2.46. The van der Waals surface area contributed by atoms with Gasteiger partial charge >= 0.3 is 5.97 Å². The molecule has 2 aromatic carbocycles. The van der Waals surface area contributed by atoms with Gasteiger partial charge in [-0.05, 0) is 31.8 Å². The second kappa shape index (κ2) is 6.30. The number of ether oxygens (including phenoxy) is 2. The van der Waals surface area contributed by atoms with Crippen LogP contribution in [0.3, 0.4) is 0 Å². The number of phenolic OH excluding ortho intramolecular Hbond substituents is 1. The fourth-order valence-electron chi connectivity index (χ4n) is 2.61. The maximum Gasteiger partial charge on any atom is 0.352 e. The monoisotopic (exact) mass is 313 g/mol. The first-order valence-corrected chi connectivity index (χ1v) is 7.47. The molecule has 0 saturated heterocycles. The lowest BCUT2D eigenvalue weighted by Crippen LogP contribution is -2.27. The summed E-state index contributed by atoms with van der Waals surface area (Å²) in [6, 6.07) is 12.4. The minimum Gasteiger partial charge on any atom is -0.507 e. The summed E-state index contributed by atoms with van der Waals surface area (Å²) in [7, 11) is 3.83. The highest BCUT2D eigenvalue weighted by Gasteiger charge is 2.33. The molecular formula is C18H19NO4. The van der Waals surface area contributed by atoms with Crippen molar-refractivity contribution in [3.05, 3.63) is 48.0 Å². The van der Waals surface area contributed by atoms with Gasteiger partial charge in [-0.2, -0.15) is 0 Å². The predicted octanol–water partition coefficient (Wildman–Crippen LogP) is 2.60. The molecule has 0 radical (unpaired) electrons. The largest absolute Gasteiger partial charge is 0.507 e. The van der Waals surface area contributed by atoms with E-state index >= 15 is 0 Å². The van der Waals surface area contributed by atoms with E-state index in [1.165, 1.54) is 0 Å². The molecule has 5 heteroatoms. The van der Waals surface area contributed by atoms with Crippen molar-refractivity contribution in [3.63, 3.8) is 0 Å². The molecule has 1 heterocycles. The van der Waals surface area contributed by atoms with Crippen molar-refractivity contribution in [2.24, 2.45) is 0 Å². The second-order valence-corrected chi connectivity index (χ2v) is 5.71. The quantitative estimate of drug-likeness (QED) is 0.879. The van der Waals surface area contributed by atoms with E-state index in [0.29, 0.717) is 30.0 Å². The highest BCUT2D eigenvalue weighted by atomic mass is 16.6. The Labute approximate surface area is 135 Å². The zero-order valence-electron chi connectivity index (χ0n) is 13.2. The van der Waals surface area contributed by atoms with Crippen LogP contribution in [0.5, 0.6) is 11.5 Å². The molecule has 0 aliphatic carbocycles. The van der Waals surface area contributed by atoms with Crippen molar-refractivity contribution in [1.82, 2.24) is 4.90 Å². The van der Waals surface area contributed by atoms with Crippen LogP contribution in [0.2, 0.25) is 0 Å². The minimum atomic E-state index is -0.817. The van der Waals surface area contributed by atoms with Gasteiger partial charge in [0.25, 0.3) is 0 Å². The number of rotatable bonds is 4. The third-order valence-corrected chi connectivity index (χ3v) is 3.76. The summed E-state index contributed by atoms with van der Waals surface area (Å²) in [4.78, 5) is 14.3. The number of aromatic hydroxyl groups is 1. The number of esters is 1. The Bertz CT molecular complexity index is 727. The Morgan fingerprint density at radius 1 is 1.22 bits per heavy atom. The van der Waals surface area contributed by atoms with Crippen molar-refractivity contribution in [1.29, 1.82) is 0 Å². The van der Waals surface area contributed by atoms with Gasteiger partial charge in [0.15, 0.2) is 0 Å². The predicted molar refractivity (Wildman–Crippen MR) is 86.4 cm³/mol. The molecule has 0 saturated carbocycles. The fraction of sp³-hybridized carbons (Fsp3) is 0.278. The smallest absolute Gasteiger partial charge is 0.352 e. The first-order valence-electron chi connectivity index (χ1n) is 7.47. The molecule has 2 aromatic rings. The van der Waals surface area contributed by atoms with Gasteiger partial charge in [0, 0.05) is 12.1 Å². The lowest BCUT2D eigenvalue weighted by Gasteiger charge is -2.27. The summed E-state index contributed by atoms with van der Waals surface area (Å²) >= 11 is 0. The fourth-order valence-corrected chi connectivity index (χ4v) is 2.61. The number of carbonyl (C=O) groups excluding carboxylic acids is 1. The third kappa shape index (κ3) is 3.00. The number of fused-ring (bicyclic) bond motifs is 3. The number of nitrogens with zero attached hydrogens (tertiary/aromatic N) is 1. The molecule has 1 aliphatic heterocycles. The number of likely N-dealkylation sites (N-methyl/N-ethyl adjacent to an activating group) is 1. The van der Waals surface area contributed by atoms with Crippen LogP contribution in [0.15, 0.2) is 42.5 Å². The summed E-state index contributed by atoms with van der Waals surface area (Å²) in [5.74, 6) is 0.195. The lowest BCUT2D eigenvalue weighted by molar-refractivity contribution is -0.152. The maximum absolute atomic E-state index is 12.4. The van der Waals surface area contributed by atoms with Gasteiger partial charge in [0.2, 0.25) is 6.10 Å². The van der Waals surface area contributed by atoms with Crippen LogP contribution in [0, 0.1) is 0 Å². The second-order valence-electron chi connectivity index (χ2n) is 5.71. The third-order valence-electron chi connectivity index (χ3n) is 3.76. The number of carbonyl (C=O) groups is 1. The molecule has 0 fully saturated rings. The van der Waals surface area contributed by atoms with Crippen molar-refractivity contribution >= 4 is 5.97 Å². The van der Waals surface area contributed by atoms with Gasteiger partial charge in [-0.25, -0.2) is 4.79 Å². The van der Waals surface area contributed by atoms with Gasteiger partial charge in [-0.15, -0.1) is 0 Å². The van der Waals surface area contributed by atoms with Crippen molar-refractivity contribution in [2.75, 3.05) is 27.2 Å². The maximum atomic E-state index is 12.4. The molecule has 1 aliphatic rings. The van der Waals surface area contributed by atoms with E-state index < -0.39 is 12.1 Å². The van der Waals surface area contributed by atoms with Gasteiger partial charge in [-0.3, -0.25) is 0 Å². The van der Waals surface area contributed by atoms with E-state index in [0.717, 1.165) is 5.56 Å². The SMILES string of the molecule is CN(C)CCOC(=O)C1Oc2cccc(O)c2-c2ccccc21. The Morgan fingerprint density at radius 3 is 2.78 bits per heavy atom. The first kappa shape index (κ1) is 15.4. The molecule has 5 nitrogen and oxygen atoms in total. The van der Waals surface area contributed by atoms with Gasteiger partial charge in [0.1, 0.15) is 18.1 Å². The van der Waals surface area contributed by atoms with Crippen LogP contribution in [0.25, 0.3) is 11.1 Å². The van der Waals surface area contributed by atoms with Crippen molar-refractivity contribution < 1.29 is 19.4 Å². The molecule has 0 bridgehead atoms. The molecular weight excluding hydrogens is 294 g/mol. The van der Waals surface area contributed by atoms with E-state index in [-0.39, 0.29) is 5.75 Å². The van der Waals surface area contributed by atoms with E-state index in [9.17, 15) is 9.90 Å². The van der Waals surface area contributed by atoms with E-state index in [4.69, 9.17) is 9.47 Å². The molecule has 0 spiro atoms. The zero-order chi connectivity index (χ0) is 16.4. The molecule has 23 heavy (non-hydrogen) atoms. The topological polar surface area (TPSA) is 59.0 Å². The van der Waals surface area contributed by atoms with E-state index in [2.05, 4.69) is 0 Å². The average molecular weight is 313 g/mol. The van der Waals surface area contributed by atoms with Crippen LogP contribution in [0.1, 0.15) is 11.7 Å². The van der Waals surface area contributed by atoms with Crippen LogP contribution in [0.4, 0.5) is 0 Å². The standard InChI is InChI=1S/C18H19NO4/c1-19(2)10-11-22-18(21)17-13-7-4-3-6-12(13)16-14(20)8-5-9-15(16)23-17/h3-9,17,20H,10-11H2,1-2H3. The minimum absolute atomic E-state index is 0.134. The summed E-state index contributed by atoms with van der Waals surface area (Å²) < 4.78 is 11.1.